The van der Waals surface area contributed by atoms with E-state index in [2.05, 4.69) is 21.2 Å². The number of nitrogens with zero attached hydrogens (tertiary/aromatic N) is 1. The molecule has 0 aliphatic carbocycles. The van der Waals surface area contributed by atoms with Crippen molar-refractivity contribution in [2.45, 2.75) is 20.5 Å². The summed E-state index contributed by atoms with van der Waals surface area (Å²) in [6.45, 7) is 4.71. The fourth-order valence-electron chi connectivity index (χ4n) is 2.89. The Hall–Kier alpha value is -3.56. The van der Waals surface area contributed by atoms with E-state index < -0.39 is 5.91 Å². The third-order valence-corrected chi connectivity index (χ3v) is 5.09. The number of aryl methyl sites for hydroxylation is 1. The molecule has 3 rings (SSSR count). The van der Waals surface area contributed by atoms with E-state index in [1.54, 1.807) is 30.3 Å². The van der Waals surface area contributed by atoms with Crippen LogP contribution < -0.4 is 14.8 Å². The maximum Gasteiger partial charge on any atom is 0.266 e. The summed E-state index contributed by atoms with van der Waals surface area (Å²) in [4.78, 5) is 12.5. The summed E-state index contributed by atoms with van der Waals surface area (Å²) in [7, 11) is 0. The minimum absolute atomic E-state index is 0.00319. The van der Waals surface area contributed by atoms with Gasteiger partial charge in [0.2, 0.25) is 0 Å². The van der Waals surface area contributed by atoms with Gasteiger partial charge in [-0.15, -0.1) is 0 Å². The van der Waals surface area contributed by atoms with E-state index in [-0.39, 0.29) is 5.57 Å². The maximum absolute atomic E-state index is 12.5. The fraction of sp³-hybridized carbons (Fsp3) is 0.154. The molecule has 32 heavy (non-hydrogen) atoms. The minimum Gasteiger partial charge on any atom is -0.490 e. The molecular formula is C26H23BrN2O3. The fourth-order valence-corrected chi connectivity index (χ4v) is 3.16. The van der Waals surface area contributed by atoms with Gasteiger partial charge < -0.3 is 14.8 Å². The molecule has 1 N–H and O–H groups in total. The van der Waals surface area contributed by atoms with Crippen LogP contribution in [-0.4, -0.2) is 12.5 Å². The third kappa shape index (κ3) is 6.47. The zero-order valence-electron chi connectivity index (χ0n) is 17.9. The van der Waals surface area contributed by atoms with Gasteiger partial charge in [0.1, 0.15) is 18.2 Å². The monoisotopic (exact) mass is 490 g/mol. The lowest BCUT2D eigenvalue weighted by molar-refractivity contribution is -0.112. The molecule has 1 amide bonds. The third-order valence-electron chi connectivity index (χ3n) is 4.56. The molecule has 0 saturated heterocycles. The number of nitrogens with one attached hydrogen (secondary N) is 1. The standard InChI is InChI=1S/C26H23BrN2O3/c1-3-31-25-15-20(8-13-24(25)32-17-19-6-9-22(27)10-7-19)14-21(16-28)26(30)29-23-11-4-18(2)5-12-23/h4-15H,3,17H2,1-2H3,(H,29,30)/b21-14+. The molecule has 6 heteroatoms. The molecule has 0 radical (unpaired) electrons. The van der Waals surface area contributed by atoms with E-state index >= 15 is 0 Å². The molecule has 162 valence electrons. The molecule has 5 nitrogen and oxygen atoms in total. The summed E-state index contributed by atoms with van der Waals surface area (Å²) in [5, 5.41) is 12.2. The lowest BCUT2D eigenvalue weighted by atomic mass is 10.1. The van der Waals surface area contributed by atoms with Crippen LogP contribution in [0, 0.1) is 18.3 Å². The topological polar surface area (TPSA) is 71.3 Å². The Morgan fingerprint density at radius 1 is 1.03 bits per heavy atom. The second-order valence-electron chi connectivity index (χ2n) is 7.04. The van der Waals surface area contributed by atoms with Crippen molar-refractivity contribution in [2.24, 2.45) is 0 Å². The van der Waals surface area contributed by atoms with Gasteiger partial charge in [0.25, 0.3) is 5.91 Å². The van der Waals surface area contributed by atoms with Crippen LogP contribution in [0.4, 0.5) is 5.69 Å². The van der Waals surface area contributed by atoms with Crippen molar-refractivity contribution < 1.29 is 14.3 Å². The molecule has 0 unspecified atom stereocenters. The molecule has 0 atom stereocenters. The van der Waals surface area contributed by atoms with E-state index in [0.717, 1.165) is 15.6 Å². The highest BCUT2D eigenvalue weighted by Gasteiger charge is 2.12. The highest BCUT2D eigenvalue weighted by Crippen LogP contribution is 2.30. The SMILES string of the molecule is CCOc1cc(/C=C(\C#N)C(=O)Nc2ccc(C)cc2)ccc1OCc1ccc(Br)cc1. The Bertz CT molecular complexity index is 1150. The highest BCUT2D eigenvalue weighted by molar-refractivity contribution is 9.10. The van der Waals surface area contributed by atoms with Gasteiger partial charge in [-0.3, -0.25) is 4.79 Å². The molecule has 3 aromatic carbocycles. The Labute approximate surface area is 196 Å². The number of nitriles is 1. The molecule has 0 bridgehead atoms. The quantitative estimate of drug-likeness (QED) is 0.297. The normalized spacial score (nSPS) is 10.9. The second-order valence-corrected chi connectivity index (χ2v) is 7.96. The van der Waals surface area contributed by atoms with Crippen LogP contribution in [0.5, 0.6) is 11.5 Å². The number of benzene rings is 3. The van der Waals surface area contributed by atoms with Crippen LogP contribution in [0.2, 0.25) is 0 Å². The van der Waals surface area contributed by atoms with Crippen LogP contribution in [0.25, 0.3) is 6.08 Å². The number of amides is 1. The van der Waals surface area contributed by atoms with Crippen molar-refractivity contribution in [1.29, 1.82) is 5.26 Å². The molecule has 0 aliphatic rings. The molecule has 0 heterocycles. The minimum atomic E-state index is -0.468. The van der Waals surface area contributed by atoms with Gasteiger partial charge in [0, 0.05) is 10.2 Å². The number of anilines is 1. The molecular weight excluding hydrogens is 468 g/mol. The summed E-state index contributed by atoms with van der Waals surface area (Å²) in [6, 6.07) is 22.6. The summed E-state index contributed by atoms with van der Waals surface area (Å²) in [5.41, 5.74) is 3.41. The Kier molecular flexibility index (Phi) is 8.07. The first-order valence-corrected chi connectivity index (χ1v) is 10.9. The van der Waals surface area contributed by atoms with E-state index in [9.17, 15) is 10.1 Å². The summed E-state index contributed by atoms with van der Waals surface area (Å²) < 4.78 is 12.7. The van der Waals surface area contributed by atoms with Gasteiger partial charge in [-0.25, -0.2) is 0 Å². The molecule has 3 aromatic rings. The number of hydrogen-bond donors (Lipinski definition) is 1. The number of ether oxygens (including phenoxy) is 2. The van der Waals surface area contributed by atoms with E-state index in [1.807, 2.05) is 56.3 Å². The summed E-state index contributed by atoms with van der Waals surface area (Å²) in [6.07, 6.45) is 1.53. The molecule has 0 aromatic heterocycles. The zero-order valence-corrected chi connectivity index (χ0v) is 19.5. The maximum atomic E-state index is 12.5. The van der Waals surface area contributed by atoms with Crippen LogP contribution in [0.1, 0.15) is 23.6 Å². The van der Waals surface area contributed by atoms with Crippen molar-refractivity contribution in [3.63, 3.8) is 0 Å². The summed E-state index contributed by atoms with van der Waals surface area (Å²) >= 11 is 3.42. The van der Waals surface area contributed by atoms with Gasteiger partial charge in [-0.05, 0) is 67.4 Å². The first kappa shape index (κ1) is 23.1. The van der Waals surface area contributed by atoms with Crippen LogP contribution in [-0.2, 0) is 11.4 Å². The van der Waals surface area contributed by atoms with Crippen LogP contribution >= 0.6 is 15.9 Å². The predicted molar refractivity (Wildman–Crippen MR) is 129 cm³/mol. The Morgan fingerprint density at radius 2 is 1.75 bits per heavy atom. The molecule has 0 saturated carbocycles. The molecule has 0 spiro atoms. The number of rotatable bonds is 8. The lowest BCUT2D eigenvalue weighted by Crippen LogP contribution is -2.13. The highest BCUT2D eigenvalue weighted by atomic mass is 79.9. The zero-order chi connectivity index (χ0) is 22.9. The molecule has 0 fully saturated rings. The Balaban J connectivity index is 1.76. The first-order valence-electron chi connectivity index (χ1n) is 10.1. The predicted octanol–water partition coefficient (Wildman–Crippen LogP) is 6.28. The van der Waals surface area contributed by atoms with Crippen molar-refractivity contribution in [1.82, 2.24) is 0 Å². The number of hydrogen-bond acceptors (Lipinski definition) is 4. The first-order chi connectivity index (χ1) is 15.5. The Morgan fingerprint density at radius 3 is 2.41 bits per heavy atom. The largest absolute Gasteiger partial charge is 0.490 e. The van der Waals surface area contributed by atoms with Crippen LogP contribution in [0.3, 0.4) is 0 Å². The average Bonchev–Trinajstić information content (AvgIpc) is 2.79. The van der Waals surface area contributed by atoms with E-state index in [1.165, 1.54) is 6.08 Å². The van der Waals surface area contributed by atoms with Crippen molar-refractivity contribution >= 4 is 33.6 Å². The van der Waals surface area contributed by atoms with Crippen molar-refractivity contribution in [3.05, 3.63) is 93.5 Å². The van der Waals surface area contributed by atoms with Gasteiger partial charge in [-0.2, -0.15) is 5.26 Å². The van der Waals surface area contributed by atoms with E-state index in [4.69, 9.17) is 9.47 Å². The second kappa shape index (κ2) is 11.2. The van der Waals surface area contributed by atoms with E-state index in [0.29, 0.717) is 36.0 Å². The lowest BCUT2D eigenvalue weighted by Gasteiger charge is -2.13. The average molecular weight is 491 g/mol. The van der Waals surface area contributed by atoms with Crippen LogP contribution in [0.15, 0.2) is 76.8 Å². The van der Waals surface area contributed by atoms with Gasteiger partial charge >= 0.3 is 0 Å². The smallest absolute Gasteiger partial charge is 0.266 e. The van der Waals surface area contributed by atoms with Gasteiger partial charge in [0.05, 0.1) is 6.61 Å². The molecule has 0 aliphatic heterocycles. The van der Waals surface area contributed by atoms with Crippen molar-refractivity contribution in [3.8, 4) is 17.6 Å². The summed E-state index contributed by atoms with van der Waals surface area (Å²) in [5.74, 6) is 0.675. The van der Waals surface area contributed by atoms with Gasteiger partial charge in [-0.1, -0.05) is 51.8 Å². The van der Waals surface area contributed by atoms with Crippen molar-refractivity contribution in [2.75, 3.05) is 11.9 Å². The number of carbonyl (C=O) groups excluding carboxylic acids is 1. The number of carbonyl (C=O) groups is 1. The number of halogens is 1. The van der Waals surface area contributed by atoms with Gasteiger partial charge in [0.15, 0.2) is 11.5 Å².